The van der Waals surface area contributed by atoms with Crippen molar-refractivity contribution in [2.24, 2.45) is 11.8 Å². The van der Waals surface area contributed by atoms with E-state index < -0.39 is 7.80 Å². The molecule has 4 heteroatoms. The lowest BCUT2D eigenvalue weighted by Crippen LogP contribution is -2.34. The van der Waals surface area contributed by atoms with Crippen LogP contribution in [0.15, 0.2) is 60.7 Å². The Hall–Kier alpha value is -1.86. The Kier molecular flexibility index (Phi) is 7.66. The van der Waals surface area contributed by atoms with Crippen LogP contribution in [0.3, 0.4) is 0 Å². The van der Waals surface area contributed by atoms with E-state index >= 15 is 0 Å². The van der Waals surface area contributed by atoms with E-state index in [1.165, 1.54) is 0 Å². The number of carbonyl (C=O) groups is 1. The Morgan fingerprint density at radius 2 is 1.19 bits per heavy atom. The Balaban J connectivity index is 2.37. The number of carbonyl (C=O) groups excluding carboxylic acids is 1. The van der Waals surface area contributed by atoms with Gasteiger partial charge in [0.2, 0.25) is 0 Å². The molecule has 0 aliphatic carbocycles. The first-order valence-electron chi connectivity index (χ1n) is 9.33. The summed E-state index contributed by atoms with van der Waals surface area (Å²) in [5.41, 5.74) is 1.29. The van der Waals surface area contributed by atoms with Crippen molar-refractivity contribution in [2.45, 2.75) is 33.4 Å². The third-order valence-electron chi connectivity index (χ3n) is 4.20. The zero-order valence-electron chi connectivity index (χ0n) is 16.2. The Morgan fingerprint density at radius 1 is 0.808 bits per heavy atom. The fraction of sp³-hybridized carbons (Fsp3) is 0.409. The van der Waals surface area contributed by atoms with Crippen molar-refractivity contribution in [3.05, 3.63) is 71.8 Å². The molecule has 0 spiro atoms. The number of nitrogens with zero attached hydrogens (tertiary/aromatic N) is 1. The molecule has 0 fully saturated rings. The fourth-order valence-electron chi connectivity index (χ4n) is 3.19. The molecule has 0 aliphatic rings. The molecule has 3 nitrogen and oxygen atoms in total. The third-order valence-corrected chi connectivity index (χ3v) is 6.13. The summed E-state index contributed by atoms with van der Waals surface area (Å²) in [6, 6.07) is 19.5. The van der Waals surface area contributed by atoms with E-state index in [-0.39, 0.29) is 11.3 Å². The predicted molar refractivity (Wildman–Crippen MR) is 110 cm³/mol. The van der Waals surface area contributed by atoms with Crippen LogP contribution in [-0.2, 0) is 4.57 Å². The van der Waals surface area contributed by atoms with Crippen molar-refractivity contribution in [2.75, 3.05) is 13.1 Å². The highest BCUT2D eigenvalue weighted by Gasteiger charge is 2.30. The Morgan fingerprint density at radius 3 is 1.54 bits per heavy atom. The van der Waals surface area contributed by atoms with Gasteiger partial charge in [-0.3, -0.25) is 4.79 Å². The molecule has 0 saturated heterocycles. The fourth-order valence-corrected chi connectivity index (χ4v) is 4.92. The average Bonchev–Trinajstić information content (AvgIpc) is 2.61. The second-order valence-electron chi connectivity index (χ2n) is 7.62. The molecule has 2 aromatic carbocycles. The molecule has 0 heterocycles. The second-order valence-corrected chi connectivity index (χ2v) is 9.35. The summed E-state index contributed by atoms with van der Waals surface area (Å²) < 4.78 is 13.4. The maximum Gasteiger partial charge on any atom is 0.279 e. The van der Waals surface area contributed by atoms with Crippen LogP contribution < -0.4 is 0 Å². The van der Waals surface area contributed by atoms with Crippen LogP contribution in [0.5, 0.6) is 0 Å². The number of amides is 1. The highest BCUT2D eigenvalue weighted by Crippen LogP contribution is 2.47. The molecule has 0 aromatic heterocycles. The molecule has 0 aliphatic heterocycles. The normalized spacial score (nSPS) is 12.6. The molecular weight excluding hydrogens is 341 g/mol. The van der Waals surface area contributed by atoms with Crippen molar-refractivity contribution in [1.29, 1.82) is 0 Å². The minimum absolute atomic E-state index is 0.199. The molecule has 26 heavy (non-hydrogen) atoms. The maximum absolute atomic E-state index is 13.4. The molecule has 0 bridgehead atoms. The van der Waals surface area contributed by atoms with Crippen LogP contribution in [0.2, 0.25) is 0 Å². The van der Waals surface area contributed by atoms with Crippen molar-refractivity contribution in [1.82, 2.24) is 4.90 Å². The van der Waals surface area contributed by atoms with Crippen molar-refractivity contribution in [3.63, 3.8) is 0 Å². The van der Waals surface area contributed by atoms with E-state index in [0.717, 1.165) is 11.1 Å². The summed E-state index contributed by atoms with van der Waals surface area (Å²) in [5.74, 6) is 0.693. The monoisotopic (exact) mass is 371 g/mol. The zero-order valence-corrected chi connectivity index (χ0v) is 17.2. The lowest BCUT2D eigenvalue weighted by Gasteiger charge is -2.28. The van der Waals surface area contributed by atoms with Crippen molar-refractivity contribution in [3.8, 4) is 0 Å². The van der Waals surface area contributed by atoms with E-state index in [2.05, 4.69) is 27.7 Å². The zero-order chi connectivity index (χ0) is 19.1. The van der Waals surface area contributed by atoms with Crippen LogP contribution in [0.1, 0.15) is 44.5 Å². The van der Waals surface area contributed by atoms with Crippen LogP contribution >= 0.6 is 7.80 Å². The van der Waals surface area contributed by atoms with E-state index in [1.54, 1.807) is 4.90 Å². The van der Waals surface area contributed by atoms with E-state index in [9.17, 15) is 9.36 Å². The van der Waals surface area contributed by atoms with E-state index in [0.29, 0.717) is 24.9 Å². The first kappa shape index (κ1) is 20.5. The molecular formula is C22H30NO2P. The van der Waals surface area contributed by atoms with Gasteiger partial charge in [0.15, 0.2) is 7.80 Å². The SMILES string of the molecule is CC(C)CN(CC(C)C)C(=O)[PH](=O)C(c1ccccc1)c1ccccc1. The molecule has 140 valence electrons. The largest absolute Gasteiger partial charge is 0.336 e. The summed E-state index contributed by atoms with van der Waals surface area (Å²) >= 11 is 0. The van der Waals surface area contributed by atoms with Crippen LogP contribution in [-0.4, -0.2) is 23.6 Å². The minimum Gasteiger partial charge on any atom is -0.336 e. The van der Waals surface area contributed by atoms with E-state index in [4.69, 9.17) is 0 Å². The van der Waals surface area contributed by atoms with E-state index in [1.807, 2.05) is 60.7 Å². The maximum atomic E-state index is 13.4. The standard InChI is InChI=1S/C22H30NO2P/c1-17(2)15-23(16-18(3)4)22(24)26(25)21(19-11-7-5-8-12-19)20-13-9-6-10-14-20/h5-14,17-18,21,26H,15-16H2,1-4H3. The van der Waals surface area contributed by atoms with Gasteiger partial charge in [-0.1, -0.05) is 88.4 Å². The van der Waals surface area contributed by atoms with Gasteiger partial charge >= 0.3 is 0 Å². The van der Waals surface area contributed by atoms with Crippen molar-refractivity contribution < 1.29 is 9.36 Å². The summed E-state index contributed by atoms with van der Waals surface area (Å²) in [5, 5.41) is 0. The van der Waals surface area contributed by atoms with Crippen LogP contribution in [0.25, 0.3) is 0 Å². The molecule has 1 unspecified atom stereocenters. The highest BCUT2D eigenvalue weighted by atomic mass is 31.1. The lowest BCUT2D eigenvalue weighted by molar-refractivity contribution is 0.205. The number of hydrogen-bond donors (Lipinski definition) is 0. The lowest BCUT2D eigenvalue weighted by atomic mass is 10.0. The van der Waals surface area contributed by atoms with Gasteiger partial charge in [-0.25, -0.2) is 0 Å². The highest BCUT2D eigenvalue weighted by molar-refractivity contribution is 7.64. The van der Waals surface area contributed by atoms with Crippen LogP contribution in [0.4, 0.5) is 4.79 Å². The van der Waals surface area contributed by atoms with Gasteiger partial charge in [0, 0.05) is 13.1 Å². The molecule has 1 amide bonds. The summed E-state index contributed by atoms with van der Waals surface area (Å²) in [7, 11) is -2.56. The predicted octanol–water partition coefficient (Wildman–Crippen LogP) is 6.07. The Labute approximate surface area is 158 Å². The minimum atomic E-state index is -2.56. The molecule has 0 N–H and O–H groups in total. The first-order chi connectivity index (χ1) is 12.4. The van der Waals surface area contributed by atoms with Gasteiger partial charge in [-0.2, -0.15) is 0 Å². The van der Waals surface area contributed by atoms with Gasteiger partial charge in [-0.05, 0) is 23.0 Å². The molecule has 0 radical (unpaired) electrons. The smallest absolute Gasteiger partial charge is 0.279 e. The number of rotatable bonds is 8. The van der Waals surface area contributed by atoms with Gasteiger partial charge in [0.1, 0.15) is 0 Å². The second kappa shape index (κ2) is 9.73. The third kappa shape index (κ3) is 5.57. The van der Waals surface area contributed by atoms with Gasteiger partial charge in [-0.15, -0.1) is 0 Å². The quantitative estimate of drug-likeness (QED) is 0.528. The molecule has 2 aromatic rings. The molecule has 0 saturated carbocycles. The topological polar surface area (TPSA) is 37.4 Å². The first-order valence-corrected chi connectivity index (χ1v) is 10.8. The molecule has 1 atom stereocenters. The van der Waals surface area contributed by atoms with Gasteiger partial charge in [0.25, 0.3) is 5.65 Å². The summed E-state index contributed by atoms with van der Waals surface area (Å²) in [6.07, 6.45) is 0. The van der Waals surface area contributed by atoms with Crippen LogP contribution in [0, 0.1) is 11.8 Å². The number of hydrogen-bond acceptors (Lipinski definition) is 2. The van der Waals surface area contributed by atoms with Gasteiger partial charge in [0.05, 0.1) is 5.66 Å². The number of benzene rings is 2. The Bertz CT molecular complexity index is 664. The van der Waals surface area contributed by atoms with Crippen molar-refractivity contribution >= 4 is 13.4 Å². The summed E-state index contributed by atoms with van der Waals surface area (Å²) in [4.78, 5) is 15.0. The molecule has 2 rings (SSSR count). The van der Waals surface area contributed by atoms with Gasteiger partial charge < -0.3 is 9.46 Å². The summed E-state index contributed by atoms with van der Waals surface area (Å²) in [6.45, 7) is 9.63. The average molecular weight is 371 g/mol.